The molecule has 38 heavy (non-hydrogen) atoms. The van der Waals surface area contributed by atoms with Crippen molar-refractivity contribution in [3.05, 3.63) is 54.5 Å². The summed E-state index contributed by atoms with van der Waals surface area (Å²) in [7, 11) is 3.17. The molecule has 0 aliphatic carbocycles. The quantitative estimate of drug-likeness (QED) is 0.273. The molecule has 1 saturated heterocycles. The molecule has 4 heterocycles. The van der Waals surface area contributed by atoms with Crippen molar-refractivity contribution in [1.82, 2.24) is 24.7 Å². The molecule has 1 fully saturated rings. The summed E-state index contributed by atoms with van der Waals surface area (Å²) in [5.74, 6) is 1.27. The summed E-state index contributed by atoms with van der Waals surface area (Å²) < 4.78 is 13.1. The highest BCUT2D eigenvalue weighted by Gasteiger charge is 2.25. The van der Waals surface area contributed by atoms with E-state index >= 15 is 0 Å². The number of aromatic amines is 1. The van der Waals surface area contributed by atoms with Crippen LogP contribution >= 0.6 is 0 Å². The van der Waals surface area contributed by atoms with Crippen molar-refractivity contribution in [2.75, 3.05) is 38.4 Å². The lowest BCUT2D eigenvalue weighted by molar-refractivity contribution is -0.664. The highest BCUT2D eigenvalue weighted by atomic mass is 16.5. The number of methoxy groups -OCH3 is 2. The minimum absolute atomic E-state index is 0.251. The molecule has 2 aromatic carbocycles. The summed E-state index contributed by atoms with van der Waals surface area (Å²) in [4.78, 5) is 25.0. The van der Waals surface area contributed by atoms with E-state index in [-0.39, 0.29) is 11.9 Å². The topological polar surface area (TPSA) is 150 Å². The Kier molecular flexibility index (Phi) is 6.04. The molecule has 11 heteroatoms. The highest BCUT2D eigenvalue weighted by molar-refractivity contribution is 6.07. The van der Waals surface area contributed by atoms with Gasteiger partial charge in [0.2, 0.25) is 0 Å². The fraction of sp³-hybridized carbons (Fsp3) is 0.259. The number of hydrogen-bond donors (Lipinski definition) is 4. The Morgan fingerprint density at radius 3 is 2.71 bits per heavy atom. The average molecular weight is 514 g/mol. The smallest absolute Gasteiger partial charge is 0.272 e. The number of quaternary nitrogens is 1. The van der Waals surface area contributed by atoms with Gasteiger partial charge in [-0.25, -0.2) is 14.6 Å². The number of rotatable bonds is 6. The number of nitrogens with two attached hydrogens (primary N) is 2. The summed E-state index contributed by atoms with van der Waals surface area (Å²) in [5.41, 5.74) is 10.3. The standard InChI is InChI=1S/C27H28N8O3/c1-37-21-5-3-4-18-17(21)13-20(32-18)27(36)33-19-7-6-15(12-22(19)38-2)24-23-25(28)30-14-31-26(23)35(34-24)16-8-10-29-11-9-16/h3-7,12-14,16,29,32H,8-11H2,1-2H3,(H,33,36)(H2,28,30,31)/p+1. The molecule has 0 spiro atoms. The molecule has 5 aromatic rings. The number of nitrogen functional groups attached to an aromatic ring is 1. The lowest BCUT2D eigenvalue weighted by Crippen LogP contribution is -2.86. The summed E-state index contributed by atoms with van der Waals surface area (Å²) in [6, 6.07) is 13.2. The Hall–Kier alpha value is -4.64. The molecule has 194 valence electrons. The molecule has 6 rings (SSSR count). The van der Waals surface area contributed by atoms with Gasteiger partial charge in [0.15, 0.2) is 5.65 Å². The molecule has 0 atom stereocenters. The number of ether oxygens (including phenoxy) is 2. The van der Waals surface area contributed by atoms with Crippen molar-refractivity contribution in [2.45, 2.75) is 18.9 Å². The van der Waals surface area contributed by atoms with Crippen LogP contribution in [0.1, 0.15) is 29.4 Å². The van der Waals surface area contributed by atoms with Gasteiger partial charge in [0, 0.05) is 29.3 Å². The molecule has 6 N–H and O–H groups in total. The summed E-state index contributed by atoms with van der Waals surface area (Å²) in [5, 5.41) is 11.8. The molecule has 0 radical (unpaired) electrons. The molecule has 0 saturated carbocycles. The number of nitrogens with one attached hydrogen (secondary N) is 2. The molecule has 1 aliphatic rings. The van der Waals surface area contributed by atoms with Crippen LogP contribution < -0.4 is 25.8 Å². The van der Waals surface area contributed by atoms with E-state index in [0.29, 0.717) is 39.8 Å². The van der Waals surface area contributed by atoms with Gasteiger partial charge in [0.05, 0.1) is 44.4 Å². The Balaban J connectivity index is 1.35. The molecule has 11 nitrogen and oxygen atoms in total. The fourth-order valence-electron chi connectivity index (χ4n) is 5.16. The first-order chi connectivity index (χ1) is 18.6. The predicted molar refractivity (Wildman–Crippen MR) is 144 cm³/mol. The summed E-state index contributed by atoms with van der Waals surface area (Å²) >= 11 is 0. The third-order valence-electron chi connectivity index (χ3n) is 7.08. The van der Waals surface area contributed by atoms with Gasteiger partial charge in [0.1, 0.15) is 35.0 Å². The maximum Gasteiger partial charge on any atom is 0.272 e. The molecule has 0 unspecified atom stereocenters. The largest absolute Gasteiger partial charge is 0.496 e. The number of amides is 1. The van der Waals surface area contributed by atoms with Gasteiger partial charge in [-0.1, -0.05) is 12.1 Å². The number of carbonyl (C=O) groups excluding carboxylic acids is 1. The van der Waals surface area contributed by atoms with E-state index in [4.69, 9.17) is 20.3 Å². The maximum atomic E-state index is 13.1. The van der Waals surface area contributed by atoms with Crippen molar-refractivity contribution in [3.63, 3.8) is 0 Å². The zero-order chi connectivity index (χ0) is 26.2. The van der Waals surface area contributed by atoms with Crippen LogP contribution in [0, 0.1) is 0 Å². The third-order valence-corrected chi connectivity index (χ3v) is 7.08. The first-order valence-electron chi connectivity index (χ1n) is 12.5. The van der Waals surface area contributed by atoms with E-state index in [0.717, 1.165) is 48.0 Å². The monoisotopic (exact) mass is 513 g/mol. The lowest BCUT2D eigenvalue weighted by atomic mass is 10.1. The second-order valence-electron chi connectivity index (χ2n) is 9.32. The Bertz CT molecular complexity index is 1650. The van der Waals surface area contributed by atoms with Crippen molar-refractivity contribution in [1.29, 1.82) is 0 Å². The number of H-pyrrole nitrogens is 1. The first-order valence-corrected chi connectivity index (χ1v) is 12.5. The van der Waals surface area contributed by atoms with E-state index in [2.05, 4.69) is 25.6 Å². The average Bonchev–Trinajstić information content (AvgIpc) is 3.57. The van der Waals surface area contributed by atoms with Crippen LogP contribution in [0.3, 0.4) is 0 Å². The van der Waals surface area contributed by atoms with E-state index in [9.17, 15) is 4.79 Å². The normalized spacial score (nSPS) is 14.2. The molecule has 0 bridgehead atoms. The van der Waals surface area contributed by atoms with Crippen LogP contribution in [0.25, 0.3) is 33.2 Å². The number of fused-ring (bicyclic) bond motifs is 2. The van der Waals surface area contributed by atoms with Crippen molar-refractivity contribution >= 4 is 39.3 Å². The minimum atomic E-state index is -0.296. The van der Waals surface area contributed by atoms with Crippen molar-refractivity contribution < 1.29 is 19.6 Å². The highest BCUT2D eigenvalue weighted by Crippen LogP contribution is 2.37. The first kappa shape index (κ1) is 23.7. The van der Waals surface area contributed by atoms with Crippen molar-refractivity contribution in [2.24, 2.45) is 0 Å². The van der Waals surface area contributed by atoms with Crippen LogP contribution in [-0.2, 0) is 0 Å². The van der Waals surface area contributed by atoms with E-state index in [1.165, 1.54) is 6.33 Å². The Morgan fingerprint density at radius 1 is 1.11 bits per heavy atom. The van der Waals surface area contributed by atoms with Gasteiger partial charge in [-0.15, -0.1) is 0 Å². The van der Waals surface area contributed by atoms with E-state index < -0.39 is 0 Å². The molecule has 1 aliphatic heterocycles. The van der Waals surface area contributed by atoms with Gasteiger partial charge < -0.3 is 30.8 Å². The number of anilines is 2. The van der Waals surface area contributed by atoms with Gasteiger partial charge in [-0.3, -0.25) is 4.79 Å². The molecule has 1 amide bonds. The van der Waals surface area contributed by atoms with E-state index in [1.54, 1.807) is 26.4 Å². The molecular formula is C27H29N8O3+. The number of nitrogens with zero attached hydrogens (tertiary/aromatic N) is 4. The van der Waals surface area contributed by atoms with Crippen LogP contribution in [0.4, 0.5) is 11.5 Å². The number of benzene rings is 2. The van der Waals surface area contributed by atoms with Crippen LogP contribution in [0.2, 0.25) is 0 Å². The Labute approximate surface area is 218 Å². The Morgan fingerprint density at radius 2 is 1.92 bits per heavy atom. The van der Waals surface area contributed by atoms with Crippen molar-refractivity contribution in [3.8, 4) is 22.8 Å². The van der Waals surface area contributed by atoms with Gasteiger partial charge in [0.25, 0.3) is 5.91 Å². The third kappa shape index (κ3) is 4.06. The minimum Gasteiger partial charge on any atom is -0.496 e. The van der Waals surface area contributed by atoms with Crippen LogP contribution in [0.15, 0.2) is 48.8 Å². The number of aromatic nitrogens is 5. The number of piperidine rings is 1. The van der Waals surface area contributed by atoms with Gasteiger partial charge in [-0.05, 0) is 30.3 Å². The SMILES string of the molecule is COc1cc(-c2nn(C3CC[NH2+]CC3)c3ncnc(N)c23)ccc1NC(=O)c1cc2c(OC)cccc2[nH]1. The molecule has 3 aromatic heterocycles. The predicted octanol–water partition coefficient (Wildman–Crippen LogP) is 2.72. The van der Waals surface area contributed by atoms with Crippen LogP contribution in [-0.4, -0.2) is 57.9 Å². The zero-order valence-electron chi connectivity index (χ0n) is 21.2. The van der Waals surface area contributed by atoms with E-state index in [1.807, 2.05) is 35.0 Å². The molecular weight excluding hydrogens is 484 g/mol. The number of carbonyl (C=O) groups is 1. The summed E-state index contributed by atoms with van der Waals surface area (Å²) in [6.07, 6.45) is 3.50. The number of hydrogen-bond acceptors (Lipinski definition) is 7. The van der Waals surface area contributed by atoms with Gasteiger partial charge >= 0.3 is 0 Å². The lowest BCUT2D eigenvalue weighted by Gasteiger charge is -2.21. The van der Waals surface area contributed by atoms with Crippen LogP contribution in [0.5, 0.6) is 11.5 Å². The second kappa shape index (κ2) is 9.67. The zero-order valence-corrected chi connectivity index (χ0v) is 21.2. The second-order valence-corrected chi connectivity index (χ2v) is 9.32. The summed E-state index contributed by atoms with van der Waals surface area (Å²) in [6.45, 7) is 2.10. The van der Waals surface area contributed by atoms with Gasteiger partial charge in [-0.2, -0.15) is 5.10 Å². The fourth-order valence-corrected chi connectivity index (χ4v) is 5.16. The maximum absolute atomic E-state index is 13.1.